The van der Waals surface area contributed by atoms with Gasteiger partial charge < -0.3 is 9.30 Å². The summed E-state index contributed by atoms with van der Waals surface area (Å²) >= 11 is 0. The molecule has 0 saturated heterocycles. The van der Waals surface area contributed by atoms with Crippen molar-refractivity contribution in [3.8, 4) is 28.3 Å². The molecule has 8 rings (SSSR count). The Morgan fingerprint density at radius 1 is 0.576 bits per heavy atom. The van der Waals surface area contributed by atoms with Gasteiger partial charge in [0.25, 0.3) is 6.71 Å². The van der Waals surface area contributed by atoms with Crippen LogP contribution in [0.25, 0.3) is 38.6 Å². The molecule has 2 aliphatic rings. The first-order chi connectivity index (χ1) is 16.4. The topological polar surface area (TPSA) is 14.2 Å². The van der Waals surface area contributed by atoms with Crippen molar-refractivity contribution in [1.29, 1.82) is 0 Å². The average Bonchev–Trinajstić information content (AvgIpc) is 3.21. The highest BCUT2D eigenvalue weighted by atomic mass is 16.5. The van der Waals surface area contributed by atoms with Crippen LogP contribution in [0.1, 0.15) is 0 Å². The molecule has 0 N–H and O–H groups in total. The summed E-state index contributed by atoms with van der Waals surface area (Å²) in [6.45, 7) is 0.176. The summed E-state index contributed by atoms with van der Waals surface area (Å²) in [5.41, 5.74) is 10.1. The fourth-order valence-electron chi connectivity index (χ4n) is 5.90. The predicted octanol–water partition coefficient (Wildman–Crippen LogP) is 5.39. The molecule has 2 aliphatic heterocycles. The maximum absolute atomic E-state index is 6.40. The smallest absolute Gasteiger partial charge is 0.256 e. The van der Waals surface area contributed by atoms with Crippen molar-refractivity contribution in [3.63, 3.8) is 0 Å². The molecule has 0 spiro atoms. The van der Waals surface area contributed by atoms with Gasteiger partial charge in [0.1, 0.15) is 11.5 Å². The molecule has 0 atom stereocenters. The van der Waals surface area contributed by atoms with E-state index in [9.17, 15) is 0 Å². The van der Waals surface area contributed by atoms with E-state index in [1.807, 2.05) is 0 Å². The number of fused-ring (bicyclic) bond motifs is 7. The van der Waals surface area contributed by atoms with E-state index < -0.39 is 0 Å². The first-order valence-corrected chi connectivity index (χ1v) is 11.4. The lowest BCUT2D eigenvalue weighted by Crippen LogP contribution is -2.58. The van der Waals surface area contributed by atoms with Gasteiger partial charge in [-0.05, 0) is 51.8 Å². The maximum atomic E-state index is 6.40. The largest absolute Gasteiger partial charge is 0.458 e. The Morgan fingerprint density at radius 2 is 1.36 bits per heavy atom. The fourth-order valence-corrected chi connectivity index (χ4v) is 5.90. The molecule has 3 heteroatoms. The van der Waals surface area contributed by atoms with Gasteiger partial charge in [-0.15, -0.1) is 0 Å². The highest BCUT2D eigenvalue weighted by molar-refractivity contribution is 6.99. The average molecular weight is 419 g/mol. The van der Waals surface area contributed by atoms with Gasteiger partial charge in [0.05, 0.1) is 5.52 Å². The molecule has 152 valence electrons. The number of aromatic nitrogens is 1. The third kappa shape index (κ3) is 2.19. The van der Waals surface area contributed by atoms with Crippen LogP contribution in [0.15, 0.2) is 109 Å². The van der Waals surface area contributed by atoms with Gasteiger partial charge in [0.15, 0.2) is 0 Å². The first kappa shape index (κ1) is 17.3. The van der Waals surface area contributed by atoms with Crippen molar-refractivity contribution in [2.24, 2.45) is 0 Å². The van der Waals surface area contributed by atoms with Crippen molar-refractivity contribution in [2.45, 2.75) is 0 Å². The summed E-state index contributed by atoms with van der Waals surface area (Å²) in [5, 5.41) is 2.60. The van der Waals surface area contributed by atoms with Crippen LogP contribution in [-0.4, -0.2) is 11.3 Å². The molecule has 3 heterocycles. The van der Waals surface area contributed by atoms with Crippen LogP contribution in [0, 0.1) is 0 Å². The quantitative estimate of drug-likeness (QED) is 0.326. The molecule has 0 fully saturated rings. The minimum absolute atomic E-state index is 0.176. The number of benzene rings is 5. The Hall–Kier alpha value is -4.24. The number of para-hydroxylation sites is 2. The monoisotopic (exact) mass is 419 g/mol. The van der Waals surface area contributed by atoms with Crippen LogP contribution in [-0.2, 0) is 0 Å². The summed E-state index contributed by atoms with van der Waals surface area (Å²) in [6, 6.07) is 39.2. The molecular weight excluding hydrogens is 401 g/mol. The van der Waals surface area contributed by atoms with Crippen LogP contribution < -0.4 is 21.1 Å². The number of hydrogen-bond acceptors (Lipinski definition) is 1. The van der Waals surface area contributed by atoms with Gasteiger partial charge in [0, 0.05) is 22.0 Å². The molecule has 5 aromatic carbocycles. The second-order valence-electron chi connectivity index (χ2n) is 8.94. The van der Waals surface area contributed by atoms with Gasteiger partial charge in [-0.25, -0.2) is 0 Å². The van der Waals surface area contributed by atoms with Crippen LogP contribution in [0.3, 0.4) is 0 Å². The first-order valence-electron chi connectivity index (χ1n) is 11.4. The van der Waals surface area contributed by atoms with E-state index >= 15 is 0 Å². The Kier molecular flexibility index (Phi) is 3.24. The maximum Gasteiger partial charge on any atom is 0.256 e. The van der Waals surface area contributed by atoms with E-state index in [2.05, 4.69) is 114 Å². The van der Waals surface area contributed by atoms with E-state index in [-0.39, 0.29) is 6.71 Å². The molecule has 6 aromatic rings. The van der Waals surface area contributed by atoms with Crippen LogP contribution in [0.4, 0.5) is 0 Å². The summed E-state index contributed by atoms with van der Waals surface area (Å²) in [7, 11) is 0. The zero-order chi connectivity index (χ0) is 21.5. The van der Waals surface area contributed by atoms with Gasteiger partial charge >= 0.3 is 0 Å². The highest BCUT2D eigenvalue weighted by Gasteiger charge is 2.39. The Morgan fingerprint density at radius 3 is 2.30 bits per heavy atom. The lowest BCUT2D eigenvalue weighted by molar-refractivity contribution is 0.487. The zero-order valence-electron chi connectivity index (χ0n) is 17.8. The molecule has 2 nitrogen and oxygen atoms in total. The summed E-state index contributed by atoms with van der Waals surface area (Å²) < 4.78 is 8.86. The summed E-state index contributed by atoms with van der Waals surface area (Å²) in [6.07, 6.45) is 0. The van der Waals surface area contributed by atoms with E-state index in [1.54, 1.807) is 0 Å². The molecular formula is C30H18BNO. The van der Waals surface area contributed by atoms with Gasteiger partial charge in [-0.2, -0.15) is 0 Å². The zero-order valence-corrected chi connectivity index (χ0v) is 17.8. The molecule has 1 aromatic heterocycles. The van der Waals surface area contributed by atoms with Gasteiger partial charge in [0.2, 0.25) is 0 Å². The van der Waals surface area contributed by atoms with Crippen molar-refractivity contribution in [2.75, 3.05) is 0 Å². The number of ether oxygens (including phenoxy) is 1. The molecule has 33 heavy (non-hydrogen) atoms. The molecule has 0 unspecified atom stereocenters. The standard InChI is InChI=1S/C30H18BNO/c1-2-8-19(9-3-1)20-16-17-21-22-10-6-12-24-30(22)32(26(21)18-20)25-13-7-15-28-29(25)31(24)23-11-4-5-14-27(23)33-28/h1-18H. The van der Waals surface area contributed by atoms with Crippen LogP contribution in [0.5, 0.6) is 11.5 Å². The van der Waals surface area contributed by atoms with Crippen molar-refractivity contribution in [1.82, 2.24) is 4.57 Å². The highest BCUT2D eigenvalue weighted by Crippen LogP contribution is 2.38. The third-order valence-corrected chi connectivity index (χ3v) is 7.26. The second kappa shape index (κ2) is 6.17. The summed E-state index contributed by atoms with van der Waals surface area (Å²) in [4.78, 5) is 0. The second-order valence-corrected chi connectivity index (χ2v) is 8.94. The molecule has 0 aliphatic carbocycles. The van der Waals surface area contributed by atoms with Gasteiger partial charge in [-0.1, -0.05) is 84.9 Å². The van der Waals surface area contributed by atoms with E-state index in [0.29, 0.717) is 0 Å². The molecule has 0 bridgehead atoms. The molecule has 0 radical (unpaired) electrons. The van der Waals surface area contributed by atoms with Gasteiger partial charge in [-0.3, -0.25) is 0 Å². The lowest BCUT2D eigenvalue weighted by atomic mass is 9.34. The molecule has 0 saturated carbocycles. The molecule has 0 amide bonds. The summed E-state index contributed by atoms with van der Waals surface area (Å²) in [5.74, 6) is 1.92. The Labute approximate surface area is 191 Å². The predicted molar refractivity (Wildman–Crippen MR) is 137 cm³/mol. The van der Waals surface area contributed by atoms with E-state index in [4.69, 9.17) is 4.74 Å². The van der Waals surface area contributed by atoms with Crippen molar-refractivity contribution in [3.05, 3.63) is 109 Å². The van der Waals surface area contributed by atoms with Crippen molar-refractivity contribution < 1.29 is 4.74 Å². The van der Waals surface area contributed by atoms with E-state index in [0.717, 1.165) is 11.5 Å². The third-order valence-electron chi connectivity index (χ3n) is 7.26. The Balaban J connectivity index is 1.54. The fraction of sp³-hybridized carbons (Fsp3) is 0. The van der Waals surface area contributed by atoms with E-state index in [1.165, 1.54) is 55.0 Å². The minimum atomic E-state index is 0.176. The van der Waals surface area contributed by atoms with Crippen molar-refractivity contribution >= 4 is 44.9 Å². The van der Waals surface area contributed by atoms with Crippen LogP contribution in [0.2, 0.25) is 0 Å². The lowest BCUT2D eigenvalue weighted by Gasteiger charge is -2.33. The SMILES string of the molecule is c1ccc(-c2ccc3c4cccc5c4n(c3c2)-c2cccc3c2B5c2ccccc2O3)cc1. The normalized spacial score (nSPS) is 13.0. The Bertz CT molecular complexity index is 1750. The van der Waals surface area contributed by atoms with Crippen LogP contribution >= 0.6 is 0 Å². The number of rotatable bonds is 1. The number of hydrogen-bond donors (Lipinski definition) is 0. The number of nitrogens with zero attached hydrogens (tertiary/aromatic N) is 1. The minimum Gasteiger partial charge on any atom is -0.458 e.